The van der Waals surface area contributed by atoms with Crippen molar-refractivity contribution < 1.29 is 9.21 Å². The van der Waals surface area contributed by atoms with Gasteiger partial charge in [-0.3, -0.25) is 0 Å². The van der Waals surface area contributed by atoms with Crippen LogP contribution in [-0.2, 0) is 13.1 Å². The van der Waals surface area contributed by atoms with Gasteiger partial charge in [-0.25, -0.2) is 4.79 Å². The molecule has 0 fully saturated rings. The van der Waals surface area contributed by atoms with Gasteiger partial charge in [0.15, 0.2) is 0 Å². The van der Waals surface area contributed by atoms with Gasteiger partial charge < -0.3 is 15.1 Å². The molecule has 0 aliphatic rings. The lowest BCUT2D eigenvalue weighted by Crippen LogP contribution is -2.34. The summed E-state index contributed by atoms with van der Waals surface area (Å²) in [6.07, 6.45) is 0. The van der Waals surface area contributed by atoms with E-state index in [-0.39, 0.29) is 6.03 Å². The first-order valence-electron chi connectivity index (χ1n) is 6.94. The predicted molar refractivity (Wildman–Crippen MR) is 86.7 cm³/mol. The van der Waals surface area contributed by atoms with Crippen molar-refractivity contribution in [2.45, 2.75) is 13.1 Å². The maximum atomic E-state index is 11.8. The molecule has 0 bridgehead atoms. The summed E-state index contributed by atoms with van der Waals surface area (Å²) in [7, 11) is 0. The zero-order valence-electron chi connectivity index (χ0n) is 11.8. The zero-order chi connectivity index (χ0) is 15.4. The molecule has 1 aromatic heterocycles. The maximum absolute atomic E-state index is 11.8. The van der Waals surface area contributed by atoms with Gasteiger partial charge in [-0.1, -0.05) is 41.9 Å². The van der Waals surface area contributed by atoms with Crippen molar-refractivity contribution in [3.05, 3.63) is 70.9 Å². The van der Waals surface area contributed by atoms with E-state index in [0.717, 1.165) is 22.3 Å². The highest BCUT2D eigenvalue weighted by molar-refractivity contribution is 6.30. The molecule has 112 valence electrons. The Labute approximate surface area is 133 Å². The quantitative estimate of drug-likeness (QED) is 0.762. The Bertz CT molecular complexity index is 748. The van der Waals surface area contributed by atoms with Crippen LogP contribution in [-0.4, -0.2) is 6.03 Å². The third-order valence-electron chi connectivity index (χ3n) is 3.27. The van der Waals surface area contributed by atoms with Gasteiger partial charge in [0.25, 0.3) is 0 Å². The Morgan fingerprint density at radius 1 is 1.00 bits per heavy atom. The van der Waals surface area contributed by atoms with Crippen LogP contribution in [0.2, 0.25) is 5.02 Å². The van der Waals surface area contributed by atoms with E-state index in [1.165, 1.54) is 0 Å². The first-order valence-corrected chi connectivity index (χ1v) is 7.32. The molecule has 0 atom stereocenters. The van der Waals surface area contributed by atoms with E-state index >= 15 is 0 Å². The van der Waals surface area contributed by atoms with Crippen molar-refractivity contribution in [2.75, 3.05) is 0 Å². The number of amides is 2. The van der Waals surface area contributed by atoms with Crippen LogP contribution in [0.15, 0.2) is 59.0 Å². The normalized spacial score (nSPS) is 10.6. The molecule has 0 spiro atoms. The highest BCUT2D eigenvalue weighted by Gasteiger charge is 2.05. The summed E-state index contributed by atoms with van der Waals surface area (Å²) in [5.41, 5.74) is 1.81. The van der Waals surface area contributed by atoms with Crippen molar-refractivity contribution in [1.29, 1.82) is 0 Å². The van der Waals surface area contributed by atoms with Crippen LogP contribution < -0.4 is 10.6 Å². The molecular formula is C17H15ClN2O2. The molecule has 0 saturated carbocycles. The number of furan rings is 1. The van der Waals surface area contributed by atoms with Crippen LogP contribution >= 0.6 is 11.6 Å². The second-order valence-corrected chi connectivity index (χ2v) is 5.35. The van der Waals surface area contributed by atoms with Gasteiger partial charge in [0.05, 0.1) is 6.54 Å². The molecule has 0 aliphatic carbocycles. The first kappa shape index (κ1) is 14.5. The Hall–Kier alpha value is -2.46. The van der Waals surface area contributed by atoms with E-state index in [9.17, 15) is 4.79 Å². The summed E-state index contributed by atoms with van der Waals surface area (Å²) < 4.78 is 5.64. The third-order valence-corrected chi connectivity index (χ3v) is 3.52. The van der Waals surface area contributed by atoms with Gasteiger partial charge >= 0.3 is 6.03 Å². The van der Waals surface area contributed by atoms with Crippen LogP contribution in [0, 0.1) is 0 Å². The van der Waals surface area contributed by atoms with E-state index in [1.807, 2.05) is 42.5 Å². The summed E-state index contributed by atoms with van der Waals surface area (Å²) >= 11 is 5.82. The molecule has 2 aromatic carbocycles. The fourth-order valence-electron chi connectivity index (χ4n) is 2.14. The molecule has 0 saturated heterocycles. The lowest BCUT2D eigenvalue weighted by molar-refractivity contribution is 0.239. The average Bonchev–Trinajstić information content (AvgIpc) is 2.95. The van der Waals surface area contributed by atoms with Crippen LogP contribution in [0.3, 0.4) is 0 Å². The molecule has 0 radical (unpaired) electrons. The van der Waals surface area contributed by atoms with Gasteiger partial charge in [0, 0.05) is 17.0 Å². The van der Waals surface area contributed by atoms with Crippen molar-refractivity contribution >= 4 is 28.6 Å². The summed E-state index contributed by atoms with van der Waals surface area (Å²) in [5.74, 6) is 0.725. The molecule has 3 aromatic rings. The van der Waals surface area contributed by atoms with E-state index in [1.54, 1.807) is 12.1 Å². The van der Waals surface area contributed by atoms with Gasteiger partial charge in [-0.15, -0.1) is 0 Å². The number of para-hydroxylation sites is 1. The van der Waals surface area contributed by atoms with Crippen molar-refractivity contribution in [3.8, 4) is 0 Å². The molecule has 4 nitrogen and oxygen atoms in total. The fraction of sp³-hybridized carbons (Fsp3) is 0.118. The number of carbonyl (C=O) groups excluding carboxylic acids is 1. The molecule has 0 aliphatic heterocycles. The van der Waals surface area contributed by atoms with Crippen LogP contribution in [0.25, 0.3) is 11.0 Å². The smallest absolute Gasteiger partial charge is 0.315 e. The number of fused-ring (bicyclic) bond motifs is 1. The minimum atomic E-state index is -0.240. The molecule has 3 rings (SSSR count). The van der Waals surface area contributed by atoms with E-state index in [4.69, 9.17) is 16.0 Å². The number of hydrogen-bond donors (Lipinski definition) is 2. The largest absolute Gasteiger partial charge is 0.459 e. The highest BCUT2D eigenvalue weighted by atomic mass is 35.5. The van der Waals surface area contributed by atoms with Crippen molar-refractivity contribution in [1.82, 2.24) is 10.6 Å². The monoisotopic (exact) mass is 314 g/mol. The SMILES string of the molecule is O=C(NCc1ccc(Cl)cc1)NCc1cc2ccccc2o1. The summed E-state index contributed by atoms with van der Waals surface area (Å²) in [6, 6.07) is 16.8. The number of rotatable bonds is 4. The molecular weight excluding hydrogens is 300 g/mol. The first-order chi connectivity index (χ1) is 10.7. The van der Waals surface area contributed by atoms with Crippen LogP contribution in [0.1, 0.15) is 11.3 Å². The van der Waals surface area contributed by atoms with Gasteiger partial charge in [0.1, 0.15) is 11.3 Å². The molecule has 2 amide bonds. The van der Waals surface area contributed by atoms with E-state index in [0.29, 0.717) is 18.1 Å². The van der Waals surface area contributed by atoms with Gasteiger partial charge in [-0.2, -0.15) is 0 Å². The van der Waals surface area contributed by atoms with Gasteiger partial charge in [0.2, 0.25) is 0 Å². The lowest BCUT2D eigenvalue weighted by Gasteiger charge is -2.06. The molecule has 1 heterocycles. The summed E-state index contributed by atoms with van der Waals surface area (Å²) in [4.78, 5) is 11.8. The maximum Gasteiger partial charge on any atom is 0.315 e. The Balaban J connectivity index is 1.50. The Morgan fingerprint density at radius 3 is 2.50 bits per heavy atom. The number of urea groups is 1. The zero-order valence-corrected chi connectivity index (χ0v) is 12.6. The van der Waals surface area contributed by atoms with Gasteiger partial charge in [-0.05, 0) is 29.8 Å². The number of halogens is 1. The Kier molecular flexibility index (Phi) is 4.30. The Morgan fingerprint density at radius 2 is 1.73 bits per heavy atom. The minimum absolute atomic E-state index is 0.240. The van der Waals surface area contributed by atoms with Crippen LogP contribution in [0.5, 0.6) is 0 Å². The topological polar surface area (TPSA) is 54.3 Å². The number of carbonyl (C=O) groups is 1. The number of benzene rings is 2. The predicted octanol–water partition coefficient (Wildman–Crippen LogP) is 4.09. The number of hydrogen-bond acceptors (Lipinski definition) is 2. The second kappa shape index (κ2) is 6.54. The summed E-state index contributed by atoms with van der Waals surface area (Å²) in [6.45, 7) is 0.796. The molecule has 5 heteroatoms. The fourth-order valence-corrected chi connectivity index (χ4v) is 2.26. The van der Waals surface area contributed by atoms with Crippen molar-refractivity contribution in [2.24, 2.45) is 0 Å². The minimum Gasteiger partial charge on any atom is -0.459 e. The van der Waals surface area contributed by atoms with Crippen molar-refractivity contribution in [3.63, 3.8) is 0 Å². The standard InChI is InChI=1S/C17H15ClN2O2/c18-14-7-5-12(6-8-14)10-19-17(21)20-11-15-9-13-3-1-2-4-16(13)22-15/h1-9H,10-11H2,(H2,19,20,21). The number of nitrogens with one attached hydrogen (secondary N) is 2. The lowest BCUT2D eigenvalue weighted by atomic mass is 10.2. The average molecular weight is 315 g/mol. The van der Waals surface area contributed by atoms with E-state index < -0.39 is 0 Å². The molecule has 2 N–H and O–H groups in total. The molecule has 0 unspecified atom stereocenters. The van der Waals surface area contributed by atoms with E-state index in [2.05, 4.69) is 10.6 Å². The summed E-state index contributed by atoms with van der Waals surface area (Å²) in [5, 5.41) is 7.27. The third kappa shape index (κ3) is 3.59. The highest BCUT2D eigenvalue weighted by Crippen LogP contribution is 2.18. The molecule has 22 heavy (non-hydrogen) atoms. The second-order valence-electron chi connectivity index (χ2n) is 4.91. The van der Waals surface area contributed by atoms with Crippen LogP contribution in [0.4, 0.5) is 4.79 Å².